The van der Waals surface area contributed by atoms with Crippen molar-refractivity contribution in [1.82, 2.24) is 15.1 Å². The molecule has 1 saturated heterocycles. The van der Waals surface area contributed by atoms with Gasteiger partial charge < -0.3 is 5.32 Å². The van der Waals surface area contributed by atoms with Crippen LogP contribution in [-0.4, -0.2) is 68.8 Å². The minimum absolute atomic E-state index is 0.517. The quantitative estimate of drug-likeness (QED) is 0.746. The molecule has 0 atom stereocenters. The maximum absolute atomic E-state index is 12.1. The summed E-state index contributed by atoms with van der Waals surface area (Å²) in [5.41, 5.74) is 0. The molecule has 1 heterocycles. The molecule has 6 heteroatoms. The molecule has 1 rings (SSSR count). The number of alkyl halides is 3. The standard InChI is InChI=1S/C9H18F3N3/c1-13-2-3-14-4-6-15(7-5-14)8-9(10,11)12/h13H,2-8H2,1H3. The van der Waals surface area contributed by atoms with E-state index in [9.17, 15) is 13.2 Å². The van der Waals surface area contributed by atoms with Crippen molar-refractivity contribution in [3.05, 3.63) is 0 Å². The lowest BCUT2D eigenvalue weighted by atomic mass is 10.3. The molecular formula is C9H18F3N3. The predicted molar refractivity (Wildman–Crippen MR) is 52.9 cm³/mol. The topological polar surface area (TPSA) is 18.5 Å². The minimum atomic E-state index is -4.06. The normalized spacial score (nSPS) is 20.8. The van der Waals surface area contributed by atoms with Gasteiger partial charge in [-0.05, 0) is 7.05 Å². The number of halogens is 3. The second-order valence-electron chi connectivity index (χ2n) is 3.84. The second kappa shape index (κ2) is 5.67. The average molecular weight is 225 g/mol. The van der Waals surface area contributed by atoms with Crippen molar-refractivity contribution in [1.29, 1.82) is 0 Å². The van der Waals surface area contributed by atoms with Crippen LogP contribution in [0.2, 0.25) is 0 Å². The van der Waals surface area contributed by atoms with Crippen molar-refractivity contribution < 1.29 is 13.2 Å². The van der Waals surface area contributed by atoms with Crippen molar-refractivity contribution in [2.75, 3.05) is 52.9 Å². The van der Waals surface area contributed by atoms with E-state index in [1.165, 1.54) is 4.90 Å². The van der Waals surface area contributed by atoms with Crippen molar-refractivity contribution >= 4 is 0 Å². The van der Waals surface area contributed by atoms with Gasteiger partial charge >= 0.3 is 6.18 Å². The van der Waals surface area contributed by atoms with Crippen LogP contribution < -0.4 is 5.32 Å². The van der Waals surface area contributed by atoms with Crippen LogP contribution >= 0.6 is 0 Å². The summed E-state index contributed by atoms with van der Waals surface area (Å²) >= 11 is 0. The van der Waals surface area contributed by atoms with E-state index >= 15 is 0 Å². The van der Waals surface area contributed by atoms with Crippen LogP contribution in [0.25, 0.3) is 0 Å². The Hall–Kier alpha value is -0.330. The SMILES string of the molecule is CNCCN1CCN(CC(F)(F)F)CC1. The molecular weight excluding hydrogens is 207 g/mol. The number of hydrogen-bond donors (Lipinski definition) is 1. The highest BCUT2D eigenvalue weighted by atomic mass is 19.4. The van der Waals surface area contributed by atoms with Gasteiger partial charge in [-0.3, -0.25) is 9.80 Å². The Kier molecular flexibility index (Phi) is 4.82. The van der Waals surface area contributed by atoms with Crippen LogP contribution in [0.1, 0.15) is 0 Å². The first-order chi connectivity index (χ1) is 7.01. The summed E-state index contributed by atoms with van der Waals surface area (Å²) in [6, 6.07) is 0. The first-order valence-electron chi connectivity index (χ1n) is 5.17. The van der Waals surface area contributed by atoms with Gasteiger partial charge in [0.05, 0.1) is 6.54 Å². The Balaban J connectivity index is 2.18. The molecule has 0 unspecified atom stereocenters. The Bertz CT molecular complexity index is 176. The smallest absolute Gasteiger partial charge is 0.318 e. The average Bonchev–Trinajstić information content (AvgIpc) is 2.14. The third kappa shape index (κ3) is 5.34. The summed E-state index contributed by atoms with van der Waals surface area (Å²) in [7, 11) is 1.87. The van der Waals surface area contributed by atoms with Crippen LogP contribution in [0.5, 0.6) is 0 Å². The zero-order valence-electron chi connectivity index (χ0n) is 8.98. The highest BCUT2D eigenvalue weighted by Gasteiger charge is 2.31. The maximum atomic E-state index is 12.1. The van der Waals surface area contributed by atoms with Gasteiger partial charge in [-0.25, -0.2) is 0 Å². The molecule has 1 aliphatic heterocycles. The van der Waals surface area contributed by atoms with Gasteiger partial charge in [-0.15, -0.1) is 0 Å². The summed E-state index contributed by atoms with van der Waals surface area (Å²) in [6.45, 7) is 3.53. The fraction of sp³-hybridized carbons (Fsp3) is 1.00. The number of nitrogens with one attached hydrogen (secondary N) is 1. The van der Waals surface area contributed by atoms with E-state index in [0.717, 1.165) is 26.2 Å². The van der Waals surface area contributed by atoms with E-state index in [-0.39, 0.29) is 0 Å². The van der Waals surface area contributed by atoms with Crippen molar-refractivity contribution in [3.8, 4) is 0 Å². The van der Waals surface area contributed by atoms with Gasteiger partial charge in [0, 0.05) is 39.3 Å². The first kappa shape index (κ1) is 12.7. The number of piperazine rings is 1. The number of hydrogen-bond acceptors (Lipinski definition) is 3. The summed E-state index contributed by atoms with van der Waals surface area (Å²) in [5, 5.41) is 3.03. The minimum Gasteiger partial charge on any atom is -0.318 e. The van der Waals surface area contributed by atoms with Gasteiger partial charge in [0.1, 0.15) is 0 Å². The largest absolute Gasteiger partial charge is 0.401 e. The number of likely N-dealkylation sites (N-methyl/N-ethyl adjacent to an activating group) is 1. The Morgan fingerprint density at radius 1 is 1.07 bits per heavy atom. The Morgan fingerprint density at radius 2 is 1.60 bits per heavy atom. The predicted octanol–water partition coefficient (Wildman–Crippen LogP) is 0.386. The molecule has 0 amide bonds. The van der Waals surface area contributed by atoms with Gasteiger partial charge in [0.25, 0.3) is 0 Å². The molecule has 0 aromatic heterocycles. The van der Waals surface area contributed by atoms with Crippen LogP contribution in [0.15, 0.2) is 0 Å². The first-order valence-corrected chi connectivity index (χ1v) is 5.17. The zero-order chi connectivity index (χ0) is 11.3. The molecule has 15 heavy (non-hydrogen) atoms. The van der Waals surface area contributed by atoms with Gasteiger partial charge in [0.2, 0.25) is 0 Å². The molecule has 3 nitrogen and oxygen atoms in total. The molecule has 0 aromatic rings. The van der Waals surface area contributed by atoms with E-state index in [0.29, 0.717) is 13.1 Å². The molecule has 0 radical (unpaired) electrons. The summed E-state index contributed by atoms with van der Waals surface area (Å²) < 4.78 is 36.2. The third-order valence-electron chi connectivity index (χ3n) is 2.55. The van der Waals surface area contributed by atoms with E-state index in [1.807, 2.05) is 7.05 Å². The molecule has 0 bridgehead atoms. The fourth-order valence-corrected chi connectivity index (χ4v) is 1.69. The van der Waals surface area contributed by atoms with Crippen molar-refractivity contribution in [3.63, 3.8) is 0 Å². The summed E-state index contributed by atoms with van der Waals surface area (Å²) in [4.78, 5) is 3.65. The lowest BCUT2D eigenvalue weighted by Crippen LogP contribution is -2.50. The molecule has 0 saturated carbocycles. The summed E-state index contributed by atoms with van der Waals surface area (Å²) in [5.74, 6) is 0. The fourth-order valence-electron chi connectivity index (χ4n) is 1.69. The molecule has 0 spiro atoms. The Morgan fingerprint density at radius 3 is 2.07 bits per heavy atom. The lowest BCUT2D eigenvalue weighted by molar-refractivity contribution is -0.149. The molecule has 1 fully saturated rings. The molecule has 0 aromatic carbocycles. The molecule has 90 valence electrons. The zero-order valence-corrected chi connectivity index (χ0v) is 8.98. The van der Waals surface area contributed by atoms with E-state index in [4.69, 9.17) is 0 Å². The summed E-state index contributed by atoms with van der Waals surface area (Å²) in [6.07, 6.45) is -4.06. The lowest BCUT2D eigenvalue weighted by Gasteiger charge is -2.34. The van der Waals surface area contributed by atoms with Crippen LogP contribution in [0, 0.1) is 0 Å². The second-order valence-corrected chi connectivity index (χ2v) is 3.84. The third-order valence-corrected chi connectivity index (χ3v) is 2.55. The van der Waals surface area contributed by atoms with Crippen LogP contribution in [-0.2, 0) is 0 Å². The van der Waals surface area contributed by atoms with Crippen molar-refractivity contribution in [2.45, 2.75) is 6.18 Å². The maximum Gasteiger partial charge on any atom is 0.401 e. The van der Waals surface area contributed by atoms with Crippen LogP contribution in [0.4, 0.5) is 13.2 Å². The van der Waals surface area contributed by atoms with E-state index in [1.54, 1.807) is 0 Å². The Labute approximate surface area is 88.2 Å². The van der Waals surface area contributed by atoms with Gasteiger partial charge in [0.15, 0.2) is 0 Å². The number of rotatable bonds is 4. The highest BCUT2D eigenvalue weighted by molar-refractivity contribution is 4.74. The van der Waals surface area contributed by atoms with E-state index in [2.05, 4.69) is 10.2 Å². The monoisotopic (exact) mass is 225 g/mol. The molecule has 1 aliphatic rings. The highest BCUT2D eigenvalue weighted by Crippen LogP contribution is 2.17. The van der Waals surface area contributed by atoms with Crippen LogP contribution in [0.3, 0.4) is 0 Å². The van der Waals surface area contributed by atoms with Gasteiger partial charge in [-0.1, -0.05) is 0 Å². The number of nitrogens with zero attached hydrogens (tertiary/aromatic N) is 2. The van der Waals surface area contributed by atoms with Crippen molar-refractivity contribution in [2.24, 2.45) is 0 Å². The van der Waals surface area contributed by atoms with Gasteiger partial charge in [-0.2, -0.15) is 13.2 Å². The molecule has 0 aliphatic carbocycles. The van der Waals surface area contributed by atoms with E-state index < -0.39 is 12.7 Å². The molecule has 1 N–H and O–H groups in total.